The Morgan fingerprint density at radius 2 is 1.87 bits per heavy atom. The van der Waals surface area contributed by atoms with E-state index >= 15 is 0 Å². The minimum Gasteiger partial charge on any atom is -0.340 e. The molecule has 0 aromatic rings. The van der Waals surface area contributed by atoms with E-state index in [2.05, 4.69) is 17.6 Å². The van der Waals surface area contributed by atoms with Crippen LogP contribution in [0.5, 0.6) is 0 Å². The van der Waals surface area contributed by atoms with Gasteiger partial charge in [0.25, 0.3) is 5.91 Å². The molecule has 0 atom stereocenters. The van der Waals surface area contributed by atoms with Crippen molar-refractivity contribution in [2.45, 2.75) is 44.6 Å². The quantitative estimate of drug-likeness (QED) is 0.733. The molecule has 3 rings (SSSR count). The molecule has 0 bridgehead atoms. The van der Waals surface area contributed by atoms with Gasteiger partial charge in [-0.05, 0) is 31.6 Å². The molecular weight excluding hydrogens is 296 g/mol. The molecule has 2 aliphatic heterocycles. The molecule has 0 radical (unpaired) electrons. The predicted octanol–water partition coefficient (Wildman–Crippen LogP) is 0.309. The monoisotopic (exact) mass is 322 g/mol. The number of hydrogen-bond donors (Lipinski definition) is 2. The Hall–Kier alpha value is -1.63. The molecule has 0 aromatic carbocycles. The van der Waals surface area contributed by atoms with Crippen LogP contribution in [0.15, 0.2) is 0 Å². The van der Waals surface area contributed by atoms with Crippen LogP contribution in [0.3, 0.4) is 0 Å². The molecule has 1 saturated carbocycles. The van der Waals surface area contributed by atoms with Crippen LogP contribution in [0.25, 0.3) is 0 Å². The maximum Gasteiger partial charge on any atom is 0.325 e. The number of amides is 4. The second-order valence-corrected chi connectivity index (χ2v) is 7.03. The van der Waals surface area contributed by atoms with Gasteiger partial charge in [-0.25, -0.2) is 4.79 Å². The Kier molecular flexibility index (Phi) is 4.57. The molecule has 7 heteroatoms. The average molecular weight is 322 g/mol. The summed E-state index contributed by atoms with van der Waals surface area (Å²) in [5.74, 6) is 0.487. The molecule has 1 spiro atoms. The van der Waals surface area contributed by atoms with Crippen LogP contribution in [0.1, 0.15) is 39.0 Å². The normalized spacial score (nSPS) is 31.6. The van der Waals surface area contributed by atoms with Gasteiger partial charge in [0.15, 0.2) is 0 Å². The first kappa shape index (κ1) is 16.2. The summed E-state index contributed by atoms with van der Waals surface area (Å²) in [6, 6.07) is -0.335. The van der Waals surface area contributed by atoms with Crippen molar-refractivity contribution in [2.24, 2.45) is 5.92 Å². The molecule has 0 aromatic heterocycles. The van der Waals surface area contributed by atoms with Crippen LogP contribution in [-0.4, -0.2) is 65.9 Å². The summed E-state index contributed by atoms with van der Waals surface area (Å²) in [5.41, 5.74) is -0.707. The highest BCUT2D eigenvalue weighted by Gasteiger charge is 2.51. The molecule has 3 fully saturated rings. The number of imide groups is 1. The van der Waals surface area contributed by atoms with Gasteiger partial charge in [0.1, 0.15) is 5.54 Å². The highest BCUT2D eigenvalue weighted by molar-refractivity contribution is 6.07. The molecular formula is C16H26N4O3. The first-order chi connectivity index (χ1) is 11.0. The largest absolute Gasteiger partial charge is 0.340 e. The van der Waals surface area contributed by atoms with Crippen molar-refractivity contribution in [3.8, 4) is 0 Å². The lowest BCUT2D eigenvalue weighted by Crippen LogP contribution is -2.49. The van der Waals surface area contributed by atoms with Crippen LogP contribution < -0.4 is 10.6 Å². The van der Waals surface area contributed by atoms with Crippen molar-refractivity contribution in [2.75, 3.05) is 32.7 Å². The van der Waals surface area contributed by atoms with Gasteiger partial charge in [0, 0.05) is 39.1 Å². The van der Waals surface area contributed by atoms with Crippen LogP contribution >= 0.6 is 0 Å². The molecule has 0 unspecified atom stereocenters. The molecule has 3 aliphatic rings. The topological polar surface area (TPSA) is 81.8 Å². The van der Waals surface area contributed by atoms with E-state index in [0.29, 0.717) is 31.8 Å². The van der Waals surface area contributed by atoms with Gasteiger partial charge in [0.2, 0.25) is 5.91 Å². The molecule has 4 amide bonds. The van der Waals surface area contributed by atoms with Gasteiger partial charge in [-0.2, -0.15) is 0 Å². The van der Waals surface area contributed by atoms with Crippen molar-refractivity contribution in [3.05, 3.63) is 0 Å². The van der Waals surface area contributed by atoms with Gasteiger partial charge >= 0.3 is 6.03 Å². The fourth-order valence-corrected chi connectivity index (χ4v) is 3.75. The summed E-state index contributed by atoms with van der Waals surface area (Å²) in [4.78, 5) is 40.1. The summed E-state index contributed by atoms with van der Waals surface area (Å²) in [6.07, 6.45) is 3.55. The molecule has 1 aliphatic carbocycles. The van der Waals surface area contributed by atoms with Gasteiger partial charge in [-0.1, -0.05) is 6.92 Å². The van der Waals surface area contributed by atoms with E-state index in [1.54, 1.807) is 4.90 Å². The zero-order valence-corrected chi connectivity index (χ0v) is 13.8. The lowest BCUT2D eigenvalue weighted by atomic mass is 9.77. The third kappa shape index (κ3) is 3.20. The van der Waals surface area contributed by atoms with Crippen molar-refractivity contribution in [1.82, 2.24) is 20.4 Å². The van der Waals surface area contributed by atoms with Gasteiger partial charge in [0.05, 0.1) is 0 Å². The number of hydrogen-bond acceptors (Lipinski definition) is 4. The van der Waals surface area contributed by atoms with E-state index in [4.69, 9.17) is 0 Å². The lowest BCUT2D eigenvalue weighted by molar-refractivity contribution is -0.134. The minimum absolute atomic E-state index is 0.0188. The fraction of sp³-hybridized carbons (Fsp3) is 0.812. The maximum absolute atomic E-state index is 12.7. The number of carbonyl (C=O) groups is 3. The SMILES string of the molecule is CC1CCC2(CC1)NC(=O)N(CCC(=O)N1CCNCC1)C2=O. The zero-order chi connectivity index (χ0) is 16.4. The Bertz CT molecular complexity index is 494. The number of urea groups is 1. The number of carbonyl (C=O) groups excluding carboxylic acids is 3. The number of rotatable bonds is 3. The maximum atomic E-state index is 12.7. The van der Waals surface area contributed by atoms with Crippen LogP contribution in [0.4, 0.5) is 4.79 Å². The summed E-state index contributed by atoms with van der Waals surface area (Å²) in [6.45, 7) is 5.36. The van der Waals surface area contributed by atoms with Crippen molar-refractivity contribution < 1.29 is 14.4 Å². The van der Waals surface area contributed by atoms with Crippen LogP contribution in [0.2, 0.25) is 0 Å². The lowest BCUT2D eigenvalue weighted by Gasteiger charge is -2.33. The first-order valence-electron chi connectivity index (χ1n) is 8.64. The summed E-state index contributed by atoms with van der Waals surface area (Å²) < 4.78 is 0. The summed E-state index contributed by atoms with van der Waals surface area (Å²) >= 11 is 0. The van der Waals surface area contributed by atoms with Crippen molar-refractivity contribution in [3.63, 3.8) is 0 Å². The van der Waals surface area contributed by atoms with E-state index in [9.17, 15) is 14.4 Å². The van der Waals surface area contributed by atoms with Crippen molar-refractivity contribution >= 4 is 17.8 Å². The highest BCUT2D eigenvalue weighted by Crippen LogP contribution is 2.36. The third-order valence-corrected chi connectivity index (χ3v) is 5.39. The molecule has 7 nitrogen and oxygen atoms in total. The van der Waals surface area contributed by atoms with Crippen molar-refractivity contribution in [1.29, 1.82) is 0 Å². The Balaban J connectivity index is 1.56. The van der Waals surface area contributed by atoms with Gasteiger partial charge in [-0.15, -0.1) is 0 Å². The van der Waals surface area contributed by atoms with Crippen LogP contribution in [-0.2, 0) is 9.59 Å². The first-order valence-corrected chi connectivity index (χ1v) is 8.64. The van der Waals surface area contributed by atoms with E-state index in [1.165, 1.54) is 4.90 Å². The fourth-order valence-electron chi connectivity index (χ4n) is 3.75. The predicted molar refractivity (Wildman–Crippen MR) is 84.7 cm³/mol. The second kappa shape index (κ2) is 6.47. The standard InChI is InChI=1S/C16H26N4O3/c1-12-2-5-16(6-3-12)14(22)20(15(23)18-16)9-4-13(21)19-10-7-17-8-11-19/h12,17H,2-11H2,1H3,(H,18,23). The smallest absolute Gasteiger partial charge is 0.325 e. The number of nitrogens with zero attached hydrogens (tertiary/aromatic N) is 2. The number of nitrogens with one attached hydrogen (secondary N) is 2. The average Bonchev–Trinajstić information content (AvgIpc) is 2.80. The number of piperazine rings is 1. The van der Waals surface area contributed by atoms with Crippen LogP contribution in [0, 0.1) is 5.92 Å². The van der Waals surface area contributed by atoms with E-state index in [0.717, 1.165) is 25.9 Å². The second-order valence-electron chi connectivity index (χ2n) is 7.03. The molecule has 23 heavy (non-hydrogen) atoms. The van der Waals surface area contributed by atoms with E-state index in [1.807, 2.05) is 0 Å². The van der Waals surface area contributed by atoms with Gasteiger partial charge < -0.3 is 15.5 Å². The Labute approximate surface area is 136 Å². The van der Waals surface area contributed by atoms with E-state index < -0.39 is 5.54 Å². The highest BCUT2D eigenvalue weighted by atomic mass is 16.2. The zero-order valence-electron chi connectivity index (χ0n) is 13.8. The Morgan fingerprint density at radius 1 is 1.22 bits per heavy atom. The molecule has 2 N–H and O–H groups in total. The van der Waals surface area contributed by atoms with Gasteiger partial charge in [-0.3, -0.25) is 14.5 Å². The summed E-state index contributed by atoms with van der Waals surface area (Å²) in [7, 11) is 0. The van der Waals surface area contributed by atoms with E-state index in [-0.39, 0.29) is 30.8 Å². The molecule has 2 saturated heterocycles. The minimum atomic E-state index is -0.707. The Morgan fingerprint density at radius 3 is 2.52 bits per heavy atom. The molecule has 2 heterocycles. The molecule has 128 valence electrons. The summed E-state index contributed by atoms with van der Waals surface area (Å²) in [5, 5.41) is 6.10. The third-order valence-electron chi connectivity index (χ3n) is 5.39.